The van der Waals surface area contributed by atoms with Crippen LogP contribution in [0.15, 0.2) is 12.4 Å². The standard InChI is InChI=1S/C25H48N2/c1-5-7-9-11-13-15-17-19-23(3)25-26-21-22-27(25)24(4)20-18-16-14-12-10-8-6-2/h21-24H,5-20H2,1-4H3. The molecule has 0 spiro atoms. The van der Waals surface area contributed by atoms with Gasteiger partial charge in [-0.25, -0.2) is 4.98 Å². The minimum absolute atomic E-state index is 0.590. The Hall–Kier alpha value is -0.790. The zero-order valence-electron chi connectivity index (χ0n) is 19.0. The van der Waals surface area contributed by atoms with Crippen molar-refractivity contribution < 1.29 is 0 Å². The fourth-order valence-electron chi connectivity index (χ4n) is 4.15. The molecule has 1 rings (SSSR count). The maximum Gasteiger partial charge on any atom is 0.111 e. The quantitative estimate of drug-likeness (QED) is 0.234. The molecule has 0 saturated heterocycles. The van der Waals surface area contributed by atoms with E-state index in [1.54, 1.807) is 0 Å². The van der Waals surface area contributed by atoms with Crippen molar-refractivity contribution in [1.29, 1.82) is 0 Å². The first-order valence-corrected chi connectivity index (χ1v) is 12.2. The second-order valence-electron chi connectivity index (χ2n) is 8.76. The first-order valence-electron chi connectivity index (χ1n) is 12.2. The molecule has 2 atom stereocenters. The van der Waals surface area contributed by atoms with E-state index in [0.29, 0.717) is 12.0 Å². The Morgan fingerprint density at radius 2 is 1.19 bits per heavy atom. The van der Waals surface area contributed by atoms with Gasteiger partial charge < -0.3 is 4.57 Å². The second kappa shape index (κ2) is 16.2. The van der Waals surface area contributed by atoms with Gasteiger partial charge in [0.05, 0.1) is 0 Å². The number of hydrogen-bond acceptors (Lipinski definition) is 1. The lowest BCUT2D eigenvalue weighted by Gasteiger charge is -2.20. The van der Waals surface area contributed by atoms with E-state index in [1.807, 2.05) is 6.20 Å². The van der Waals surface area contributed by atoms with Crippen LogP contribution in [0.4, 0.5) is 0 Å². The Morgan fingerprint density at radius 3 is 1.74 bits per heavy atom. The summed E-state index contributed by atoms with van der Waals surface area (Å²) in [6.07, 6.45) is 26.3. The summed E-state index contributed by atoms with van der Waals surface area (Å²) in [5.41, 5.74) is 0. The number of hydrogen-bond donors (Lipinski definition) is 0. The van der Waals surface area contributed by atoms with Crippen LogP contribution in [0, 0.1) is 0 Å². The minimum Gasteiger partial charge on any atom is -0.332 e. The van der Waals surface area contributed by atoms with Gasteiger partial charge in [0.15, 0.2) is 0 Å². The monoisotopic (exact) mass is 376 g/mol. The number of unbranched alkanes of at least 4 members (excludes halogenated alkanes) is 12. The third-order valence-electron chi connectivity index (χ3n) is 6.08. The Labute approximate surface area is 170 Å². The summed E-state index contributed by atoms with van der Waals surface area (Å²) >= 11 is 0. The molecule has 0 aliphatic carbocycles. The van der Waals surface area contributed by atoms with Crippen molar-refractivity contribution in [2.45, 2.75) is 142 Å². The molecular weight excluding hydrogens is 328 g/mol. The predicted molar refractivity (Wildman–Crippen MR) is 121 cm³/mol. The van der Waals surface area contributed by atoms with Gasteiger partial charge in [-0.1, -0.05) is 111 Å². The molecule has 0 aliphatic rings. The van der Waals surface area contributed by atoms with Crippen molar-refractivity contribution >= 4 is 0 Å². The highest BCUT2D eigenvalue weighted by Gasteiger charge is 2.15. The zero-order chi connectivity index (χ0) is 19.7. The summed E-state index contributed by atoms with van der Waals surface area (Å²) in [5, 5.41) is 0. The summed E-state index contributed by atoms with van der Waals surface area (Å²) in [6, 6.07) is 0.592. The van der Waals surface area contributed by atoms with Crippen molar-refractivity contribution in [3.8, 4) is 0 Å². The molecule has 0 N–H and O–H groups in total. The fourth-order valence-corrected chi connectivity index (χ4v) is 4.15. The maximum atomic E-state index is 4.72. The Bertz CT molecular complexity index is 399. The number of aromatic nitrogens is 2. The lowest BCUT2D eigenvalue weighted by atomic mass is 10.00. The molecule has 0 bridgehead atoms. The first-order chi connectivity index (χ1) is 13.2. The van der Waals surface area contributed by atoms with Crippen LogP contribution in [0.2, 0.25) is 0 Å². The molecule has 2 unspecified atom stereocenters. The summed E-state index contributed by atoms with van der Waals surface area (Å²) in [7, 11) is 0. The molecule has 0 aromatic carbocycles. The fraction of sp³-hybridized carbons (Fsp3) is 0.880. The Balaban J connectivity index is 2.22. The normalized spacial score (nSPS) is 13.8. The predicted octanol–water partition coefficient (Wildman–Crippen LogP) is 8.83. The van der Waals surface area contributed by atoms with Gasteiger partial charge in [-0.15, -0.1) is 0 Å². The van der Waals surface area contributed by atoms with E-state index in [1.165, 1.54) is 109 Å². The van der Waals surface area contributed by atoms with E-state index < -0.39 is 0 Å². The summed E-state index contributed by atoms with van der Waals surface area (Å²) in [5.74, 6) is 1.91. The molecule has 1 heterocycles. The van der Waals surface area contributed by atoms with Crippen molar-refractivity contribution in [2.24, 2.45) is 0 Å². The van der Waals surface area contributed by atoms with Crippen molar-refractivity contribution in [3.63, 3.8) is 0 Å². The third-order valence-corrected chi connectivity index (χ3v) is 6.08. The van der Waals surface area contributed by atoms with Crippen LogP contribution < -0.4 is 0 Å². The van der Waals surface area contributed by atoms with Crippen molar-refractivity contribution in [1.82, 2.24) is 9.55 Å². The molecule has 0 aliphatic heterocycles. The zero-order valence-corrected chi connectivity index (χ0v) is 19.0. The van der Waals surface area contributed by atoms with Gasteiger partial charge in [-0.05, 0) is 19.8 Å². The SMILES string of the molecule is CCCCCCCCCC(C)c1nccn1C(C)CCCCCCCCC. The van der Waals surface area contributed by atoms with Crippen LogP contribution in [0.1, 0.15) is 148 Å². The van der Waals surface area contributed by atoms with Crippen LogP contribution >= 0.6 is 0 Å². The molecule has 1 aromatic heterocycles. The molecule has 0 amide bonds. The maximum absolute atomic E-state index is 4.72. The molecule has 27 heavy (non-hydrogen) atoms. The summed E-state index contributed by atoms with van der Waals surface area (Å²) in [4.78, 5) is 4.72. The molecule has 0 saturated carbocycles. The van der Waals surface area contributed by atoms with Gasteiger partial charge >= 0.3 is 0 Å². The average Bonchev–Trinajstić information content (AvgIpc) is 3.16. The van der Waals surface area contributed by atoms with E-state index in [9.17, 15) is 0 Å². The van der Waals surface area contributed by atoms with E-state index >= 15 is 0 Å². The van der Waals surface area contributed by atoms with Crippen molar-refractivity contribution in [2.75, 3.05) is 0 Å². The summed E-state index contributed by atoms with van der Waals surface area (Å²) in [6.45, 7) is 9.33. The lowest BCUT2D eigenvalue weighted by molar-refractivity contribution is 0.436. The Kier molecular flexibility index (Phi) is 14.5. The average molecular weight is 377 g/mol. The highest BCUT2D eigenvalue weighted by atomic mass is 15.1. The minimum atomic E-state index is 0.590. The van der Waals surface area contributed by atoms with Crippen LogP contribution in [0.5, 0.6) is 0 Å². The Morgan fingerprint density at radius 1 is 0.704 bits per heavy atom. The van der Waals surface area contributed by atoms with Crippen molar-refractivity contribution in [3.05, 3.63) is 18.2 Å². The van der Waals surface area contributed by atoms with E-state index in [2.05, 4.69) is 38.5 Å². The highest BCUT2D eigenvalue weighted by Crippen LogP contribution is 2.26. The van der Waals surface area contributed by atoms with Gasteiger partial charge in [0.2, 0.25) is 0 Å². The number of rotatable bonds is 18. The molecule has 158 valence electrons. The molecule has 0 fully saturated rings. The van der Waals surface area contributed by atoms with Gasteiger partial charge in [0.1, 0.15) is 5.82 Å². The molecule has 1 aromatic rings. The van der Waals surface area contributed by atoms with Gasteiger partial charge in [-0.3, -0.25) is 0 Å². The van der Waals surface area contributed by atoms with Crippen LogP contribution in [0.3, 0.4) is 0 Å². The molecule has 2 heteroatoms. The van der Waals surface area contributed by atoms with Gasteiger partial charge in [0.25, 0.3) is 0 Å². The van der Waals surface area contributed by atoms with Gasteiger partial charge in [0, 0.05) is 24.4 Å². The van der Waals surface area contributed by atoms with Crippen LogP contribution in [-0.2, 0) is 0 Å². The number of imidazole rings is 1. The third kappa shape index (κ3) is 11.0. The smallest absolute Gasteiger partial charge is 0.111 e. The topological polar surface area (TPSA) is 17.8 Å². The molecular formula is C25H48N2. The largest absolute Gasteiger partial charge is 0.332 e. The first kappa shape index (κ1) is 24.2. The highest BCUT2D eigenvalue weighted by molar-refractivity contribution is 5.00. The second-order valence-corrected chi connectivity index (χ2v) is 8.76. The van der Waals surface area contributed by atoms with E-state index in [-0.39, 0.29) is 0 Å². The van der Waals surface area contributed by atoms with Crippen LogP contribution in [0.25, 0.3) is 0 Å². The number of nitrogens with zero attached hydrogens (tertiary/aromatic N) is 2. The van der Waals surface area contributed by atoms with Crippen LogP contribution in [-0.4, -0.2) is 9.55 Å². The summed E-state index contributed by atoms with van der Waals surface area (Å²) < 4.78 is 2.46. The van der Waals surface area contributed by atoms with Gasteiger partial charge in [-0.2, -0.15) is 0 Å². The van der Waals surface area contributed by atoms with E-state index in [0.717, 1.165) is 0 Å². The van der Waals surface area contributed by atoms with E-state index in [4.69, 9.17) is 4.98 Å². The lowest BCUT2D eigenvalue weighted by Crippen LogP contribution is -2.11. The molecule has 2 nitrogen and oxygen atoms in total. The molecule has 0 radical (unpaired) electrons.